The molecule has 1 rings (SSSR count). The van der Waals surface area contributed by atoms with Crippen LogP contribution in [0, 0.1) is 11.8 Å². The Labute approximate surface area is 83.9 Å². The molecule has 1 N–H and O–H groups in total. The van der Waals surface area contributed by atoms with Crippen LogP contribution in [-0.2, 0) is 9.59 Å². The summed E-state index contributed by atoms with van der Waals surface area (Å²) < 4.78 is 0. The summed E-state index contributed by atoms with van der Waals surface area (Å²) >= 11 is 0. The van der Waals surface area contributed by atoms with E-state index in [0.29, 0.717) is 0 Å². The van der Waals surface area contributed by atoms with Gasteiger partial charge < -0.3 is 10.0 Å². The molecule has 4 nitrogen and oxygen atoms in total. The number of carbonyl (C=O) groups excluding carboxylic acids is 1. The number of rotatable bonds is 4. The Morgan fingerprint density at radius 1 is 1.71 bits per heavy atom. The van der Waals surface area contributed by atoms with Crippen molar-refractivity contribution in [3.63, 3.8) is 0 Å². The predicted octanol–water partition coefficient (Wildman–Crippen LogP) is 0.966. The van der Waals surface area contributed by atoms with Gasteiger partial charge in [0.15, 0.2) is 0 Å². The molecule has 1 heterocycles. The van der Waals surface area contributed by atoms with Crippen LogP contribution in [0.4, 0.5) is 0 Å². The molecule has 1 amide bonds. The van der Waals surface area contributed by atoms with Crippen LogP contribution in [-0.4, -0.2) is 35.5 Å². The highest BCUT2D eigenvalue weighted by Crippen LogP contribution is 2.29. The van der Waals surface area contributed by atoms with E-state index < -0.39 is 5.97 Å². The maximum Gasteiger partial charge on any atom is 0.303 e. The lowest BCUT2D eigenvalue weighted by Crippen LogP contribution is -2.27. The molecule has 0 aromatic rings. The summed E-state index contributed by atoms with van der Waals surface area (Å²) in [4.78, 5) is 23.9. The Balaban J connectivity index is 2.61. The average Bonchev–Trinajstić information content (AvgIpc) is 2.44. The molecule has 4 heteroatoms. The first-order valence-electron chi connectivity index (χ1n) is 5.03. The van der Waals surface area contributed by atoms with Crippen LogP contribution in [0.2, 0.25) is 0 Å². The third-order valence-electron chi connectivity index (χ3n) is 3.00. The molecule has 1 saturated heterocycles. The van der Waals surface area contributed by atoms with E-state index in [1.807, 2.05) is 6.92 Å². The number of nitrogens with zero attached hydrogens (tertiary/aromatic N) is 1. The molecule has 0 aromatic carbocycles. The molecule has 0 spiro atoms. The van der Waals surface area contributed by atoms with Gasteiger partial charge >= 0.3 is 5.97 Å². The minimum absolute atomic E-state index is 0.00458. The standard InChI is InChI=1S/C10H17NO3/c1-3-7(6-9(12)13)8-4-5-11(2)10(8)14/h7-8H,3-6H2,1-2H3,(H,12,13). The zero-order valence-corrected chi connectivity index (χ0v) is 8.69. The van der Waals surface area contributed by atoms with Crippen molar-refractivity contribution in [3.8, 4) is 0 Å². The number of carboxylic acid groups (broad SMARTS) is 1. The van der Waals surface area contributed by atoms with Crippen LogP contribution in [0.5, 0.6) is 0 Å². The number of hydrogen-bond donors (Lipinski definition) is 1. The van der Waals surface area contributed by atoms with Crippen LogP contribution in [0.15, 0.2) is 0 Å². The highest BCUT2D eigenvalue weighted by atomic mass is 16.4. The van der Waals surface area contributed by atoms with E-state index in [1.54, 1.807) is 11.9 Å². The highest BCUT2D eigenvalue weighted by Gasteiger charge is 2.35. The van der Waals surface area contributed by atoms with Gasteiger partial charge in [0.1, 0.15) is 0 Å². The smallest absolute Gasteiger partial charge is 0.303 e. The summed E-state index contributed by atoms with van der Waals surface area (Å²) in [5, 5.41) is 8.70. The average molecular weight is 199 g/mol. The molecule has 1 aliphatic rings. The maximum atomic E-state index is 11.6. The normalized spacial score (nSPS) is 24.0. The van der Waals surface area contributed by atoms with Crippen LogP contribution in [0.25, 0.3) is 0 Å². The number of aliphatic carboxylic acids is 1. The van der Waals surface area contributed by atoms with Gasteiger partial charge in [0.05, 0.1) is 0 Å². The van der Waals surface area contributed by atoms with E-state index in [-0.39, 0.29) is 24.2 Å². The molecular weight excluding hydrogens is 182 g/mol. The third kappa shape index (κ3) is 2.25. The fraction of sp³-hybridized carbons (Fsp3) is 0.800. The van der Waals surface area contributed by atoms with E-state index in [2.05, 4.69) is 0 Å². The van der Waals surface area contributed by atoms with Crippen molar-refractivity contribution in [1.82, 2.24) is 4.90 Å². The van der Waals surface area contributed by atoms with Crippen LogP contribution >= 0.6 is 0 Å². The molecule has 14 heavy (non-hydrogen) atoms. The topological polar surface area (TPSA) is 57.6 Å². The quantitative estimate of drug-likeness (QED) is 0.733. The number of carboxylic acids is 1. The van der Waals surface area contributed by atoms with Gasteiger partial charge in [0.2, 0.25) is 5.91 Å². The molecule has 0 saturated carbocycles. The fourth-order valence-electron chi connectivity index (χ4n) is 2.08. The lowest BCUT2D eigenvalue weighted by Gasteiger charge is -2.18. The fourth-order valence-corrected chi connectivity index (χ4v) is 2.08. The second kappa shape index (κ2) is 4.44. The number of hydrogen-bond acceptors (Lipinski definition) is 2. The number of likely N-dealkylation sites (tertiary alicyclic amines) is 1. The van der Waals surface area contributed by atoms with Crippen LogP contribution < -0.4 is 0 Å². The third-order valence-corrected chi connectivity index (χ3v) is 3.00. The second-order valence-electron chi connectivity index (χ2n) is 3.92. The van der Waals surface area contributed by atoms with Crippen molar-refractivity contribution in [1.29, 1.82) is 0 Å². The van der Waals surface area contributed by atoms with Crippen molar-refractivity contribution in [2.75, 3.05) is 13.6 Å². The summed E-state index contributed by atoms with van der Waals surface area (Å²) in [5.74, 6) is -0.761. The van der Waals surface area contributed by atoms with Crippen molar-refractivity contribution in [2.45, 2.75) is 26.2 Å². The molecule has 0 aliphatic carbocycles. The molecule has 0 bridgehead atoms. The van der Waals surface area contributed by atoms with E-state index >= 15 is 0 Å². The minimum Gasteiger partial charge on any atom is -0.481 e. The van der Waals surface area contributed by atoms with Gasteiger partial charge in [0.25, 0.3) is 0 Å². The van der Waals surface area contributed by atoms with E-state index in [4.69, 9.17) is 5.11 Å². The largest absolute Gasteiger partial charge is 0.481 e. The molecule has 2 unspecified atom stereocenters. The lowest BCUT2D eigenvalue weighted by molar-refractivity contribution is -0.139. The first-order valence-corrected chi connectivity index (χ1v) is 5.03. The van der Waals surface area contributed by atoms with Crippen molar-refractivity contribution < 1.29 is 14.7 Å². The number of carbonyl (C=O) groups is 2. The Bertz CT molecular complexity index is 240. The Morgan fingerprint density at radius 2 is 2.36 bits per heavy atom. The highest BCUT2D eigenvalue weighted by molar-refractivity contribution is 5.81. The van der Waals surface area contributed by atoms with Crippen LogP contribution in [0.1, 0.15) is 26.2 Å². The molecular formula is C10H17NO3. The van der Waals surface area contributed by atoms with Gasteiger partial charge in [-0.3, -0.25) is 9.59 Å². The van der Waals surface area contributed by atoms with Gasteiger partial charge in [-0.2, -0.15) is 0 Å². The van der Waals surface area contributed by atoms with E-state index in [1.165, 1.54) is 0 Å². The van der Waals surface area contributed by atoms with Gasteiger partial charge in [0, 0.05) is 25.9 Å². The zero-order valence-electron chi connectivity index (χ0n) is 8.69. The second-order valence-corrected chi connectivity index (χ2v) is 3.92. The molecule has 0 aromatic heterocycles. The Morgan fingerprint density at radius 3 is 2.71 bits per heavy atom. The lowest BCUT2D eigenvalue weighted by atomic mass is 9.86. The van der Waals surface area contributed by atoms with Crippen molar-refractivity contribution in [3.05, 3.63) is 0 Å². The summed E-state index contributed by atoms with van der Waals surface area (Å²) in [6.07, 6.45) is 1.68. The molecule has 1 aliphatic heterocycles. The van der Waals surface area contributed by atoms with Gasteiger partial charge in [-0.1, -0.05) is 13.3 Å². The molecule has 2 atom stereocenters. The first-order chi connectivity index (χ1) is 6.56. The molecule has 0 radical (unpaired) electrons. The van der Waals surface area contributed by atoms with Crippen molar-refractivity contribution in [2.24, 2.45) is 11.8 Å². The van der Waals surface area contributed by atoms with Gasteiger partial charge in [-0.05, 0) is 12.3 Å². The van der Waals surface area contributed by atoms with Gasteiger partial charge in [-0.25, -0.2) is 0 Å². The van der Waals surface area contributed by atoms with E-state index in [9.17, 15) is 9.59 Å². The monoisotopic (exact) mass is 199 g/mol. The molecule has 1 fully saturated rings. The Hall–Kier alpha value is -1.06. The minimum atomic E-state index is -0.806. The maximum absolute atomic E-state index is 11.6. The summed E-state index contributed by atoms with van der Waals surface area (Å²) in [6, 6.07) is 0. The van der Waals surface area contributed by atoms with Crippen LogP contribution in [0.3, 0.4) is 0 Å². The van der Waals surface area contributed by atoms with Gasteiger partial charge in [-0.15, -0.1) is 0 Å². The summed E-state index contributed by atoms with van der Waals surface area (Å²) in [5.41, 5.74) is 0. The Kier molecular flexibility index (Phi) is 3.49. The number of amides is 1. The molecule has 80 valence electrons. The van der Waals surface area contributed by atoms with Crippen molar-refractivity contribution >= 4 is 11.9 Å². The zero-order chi connectivity index (χ0) is 10.7. The van der Waals surface area contributed by atoms with E-state index in [0.717, 1.165) is 19.4 Å². The predicted molar refractivity (Wildman–Crippen MR) is 51.8 cm³/mol. The summed E-state index contributed by atoms with van der Waals surface area (Å²) in [7, 11) is 1.77. The summed E-state index contributed by atoms with van der Waals surface area (Å²) in [6.45, 7) is 2.71. The SMILES string of the molecule is CCC(CC(=O)O)C1CCN(C)C1=O. The first kappa shape index (κ1) is 11.0.